The van der Waals surface area contributed by atoms with E-state index < -0.39 is 0 Å². The Bertz CT molecular complexity index is 655. The van der Waals surface area contributed by atoms with Gasteiger partial charge in [-0.25, -0.2) is 4.79 Å². The van der Waals surface area contributed by atoms with Gasteiger partial charge in [0.15, 0.2) is 12.7 Å². The third-order valence-electron chi connectivity index (χ3n) is 6.81. The van der Waals surface area contributed by atoms with Gasteiger partial charge in [0.1, 0.15) is 0 Å². The van der Waals surface area contributed by atoms with Crippen molar-refractivity contribution in [3.63, 3.8) is 0 Å². The summed E-state index contributed by atoms with van der Waals surface area (Å²) < 4.78 is 7.79. The molecule has 34 heavy (non-hydrogen) atoms. The zero-order chi connectivity index (χ0) is 24.9. The van der Waals surface area contributed by atoms with Crippen molar-refractivity contribution >= 4 is 5.97 Å². The quantitative estimate of drug-likeness (QED) is 0.0759. The lowest BCUT2D eigenvalue weighted by Gasteiger charge is -2.18. The molecule has 1 aromatic heterocycles. The van der Waals surface area contributed by atoms with Crippen LogP contribution in [0.5, 0.6) is 5.88 Å². The molecule has 0 saturated heterocycles. The number of likely N-dealkylation sites (N-methyl/N-ethyl adjacent to an activating group) is 1. The van der Waals surface area contributed by atoms with Crippen molar-refractivity contribution in [3.05, 3.63) is 36.5 Å². The van der Waals surface area contributed by atoms with E-state index in [0.717, 1.165) is 44.6 Å². The van der Waals surface area contributed by atoms with Gasteiger partial charge in [0, 0.05) is 25.1 Å². The largest absolute Gasteiger partial charge is 0.379 e. The molecule has 1 aromatic rings. The van der Waals surface area contributed by atoms with Crippen LogP contribution in [0.2, 0.25) is 0 Å². The number of carbonyl (C=O) groups is 1. The highest BCUT2D eigenvalue weighted by molar-refractivity contribution is 5.83. The van der Waals surface area contributed by atoms with Crippen LogP contribution in [0, 0.1) is 0 Å². The van der Waals surface area contributed by atoms with Crippen LogP contribution in [0.1, 0.15) is 116 Å². The normalized spacial score (nSPS) is 11.2. The SMILES string of the molecule is C=CC(=O)Oc1c(CCN(CC)CC)ccc[n+]1CCCCCCCCCCCCCCCC. The van der Waals surface area contributed by atoms with Crippen LogP contribution in [0.15, 0.2) is 31.0 Å². The fourth-order valence-electron chi connectivity index (χ4n) is 4.51. The maximum Gasteiger partial charge on any atom is 0.379 e. The van der Waals surface area contributed by atoms with E-state index in [1.807, 2.05) is 6.20 Å². The van der Waals surface area contributed by atoms with Gasteiger partial charge in [-0.15, -0.1) is 0 Å². The van der Waals surface area contributed by atoms with Gasteiger partial charge in [-0.3, -0.25) is 0 Å². The molecule has 0 atom stereocenters. The first-order valence-corrected chi connectivity index (χ1v) is 14.2. The summed E-state index contributed by atoms with van der Waals surface area (Å²) in [6.45, 7) is 14.1. The molecule has 0 aromatic carbocycles. The van der Waals surface area contributed by atoms with Crippen molar-refractivity contribution in [2.75, 3.05) is 19.6 Å². The highest BCUT2D eigenvalue weighted by atomic mass is 16.5. The lowest BCUT2D eigenvalue weighted by molar-refractivity contribution is -0.701. The van der Waals surface area contributed by atoms with Crippen molar-refractivity contribution in [1.82, 2.24) is 4.90 Å². The number of rotatable bonds is 22. The molecule has 1 heterocycles. The summed E-state index contributed by atoms with van der Waals surface area (Å²) in [4.78, 5) is 14.4. The summed E-state index contributed by atoms with van der Waals surface area (Å²) in [5.74, 6) is 0.305. The van der Waals surface area contributed by atoms with Crippen molar-refractivity contribution in [1.29, 1.82) is 0 Å². The molecule has 4 nitrogen and oxygen atoms in total. The number of unbranched alkanes of at least 4 members (excludes halogenated alkanes) is 13. The Kier molecular flexibility index (Phi) is 18.5. The minimum atomic E-state index is -0.384. The molecule has 1 rings (SSSR count). The molecule has 0 fully saturated rings. The summed E-state index contributed by atoms with van der Waals surface area (Å²) in [7, 11) is 0. The van der Waals surface area contributed by atoms with Crippen molar-refractivity contribution in [2.24, 2.45) is 0 Å². The molecule has 0 bridgehead atoms. The van der Waals surface area contributed by atoms with E-state index in [2.05, 4.69) is 48.9 Å². The molecule has 0 aliphatic heterocycles. The average Bonchev–Trinajstić information content (AvgIpc) is 2.86. The molecule has 4 heteroatoms. The Labute approximate surface area is 210 Å². The lowest BCUT2D eigenvalue weighted by atomic mass is 10.0. The van der Waals surface area contributed by atoms with Gasteiger partial charge in [0.25, 0.3) is 0 Å². The molecule has 0 N–H and O–H groups in total. The Morgan fingerprint density at radius 1 is 0.882 bits per heavy atom. The first-order valence-electron chi connectivity index (χ1n) is 14.2. The first-order chi connectivity index (χ1) is 16.7. The maximum atomic E-state index is 12.0. The first kappa shape index (κ1) is 30.4. The van der Waals surface area contributed by atoms with E-state index in [1.54, 1.807) is 0 Å². The number of esters is 1. The number of nitrogens with zero attached hydrogens (tertiary/aromatic N) is 2. The predicted octanol–water partition coefficient (Wildman–Crippen LogP) is 7.43. The van der Waals surface area contributed by atoms with Crippen LogP contribution >= 0.6 is 0 Å². The molecular formula is C30H53N2O2+. The van der Waals surface area contributed by atoms with Crippen molar-refractivity contribution in [3.8, 4) is 5.88 Å². The molecule has 0 aliphatic carbocycles. The zero-order valence-corrected chi connectivity index (χ0v) is 22.7. The summed E-state index contributed by atoms with van der Waals surface area (Å²) >= 11 is 0. The monoisotopic (exact) mass is 473 g/mol. The van der Waals surface area contributed by atoms with Crippen LogP contribution in [0.4, 0.5) is 0 Å². The number of carbonyl (C=O) groups excluding carboxylic acids is 1. The molecule has 0 amide bonds. The van der Waals surface area contributed by atoms with E-state index >= 15 is 0 Å². The minimum Gasteiger partial charge on any atom is -0.367 e. The number of aryl methyl sites for hydroxylation is 1. The van der Waals surface area contributed by atoms with E-state index in [4.69, 9.17) is 4.74 Å². The van der Waals surface area contributed by atoms with Crippen molar-refractivity contribution < 1.29 is 14.1 Å². The Morgan fingerprint density at radius 2 is 1.41 bits per heavy atom. The number of hydrogen-bond acceptors (Lipinski definition) is 3. The maximum absolute atomic E-state index is 12.0. The van der Waals surface area contributed by atoms with Crippen LogP contribution in [0.3, 0.4) is 0 Å². The molecule has 0 spiro atoms. The molecule has 0 unspecified atom stereocenters. The second-order valence-corrected chi connectivity index (χ2v) is 9.53. The lowest BCUT2D eigenvalue weighted by Crippen LogP contribution is -2.38. The highest BCUT2D eigenvalue weighted by Gasteiger charge is 2.20. The van der Waals surface area contributed by atoms with Crippen molar-refractivity contribution in [2.45, 2.75) is 124 Å². The number of ether oxygens (including phenoxy) is 1. The summed E-state index contributed by atoms with van der Waals surface area (Å²) in [5.41, 5.74) is 1.09. The Balaban J connectivity index is 2.33. The fourth-order valence-corrected chi connectivity index (χ4v) is 4.51. The fraction of sp³-hybridized carbons (Fsp3) is 0.733. The summed E-state index contributed by atoms with van der Waals surface area (Å²) in [5, 5.41) is 0. The molecular weight excluding hydrogens is 420 g/mol. The van der Waals surface area contributed by atoms with E-state index in [-0.39, 0.29) is 5.97 Å². The molecule has 0 radical (unpaired) electrons. The van der Waals surface area contributed by atoms with E-state index in [1.165, 1.54) is 89.5 Å². The summed E-state index contributed by atoms with van der Waals surface area (Å²) in [6.07, 6.45) is 23.2. The summed E-state index contributed by atoms with van der Waals surface area (Å²) in [6, 6.07) is 4.16. The van der Waals surface area contributed by atoms with Crippen LogP contribution < -0.4 is 9.30 Å². The highest BCUT2D eigenvalue weighted by Crippen LogP contribution is 2.16. The minimum absolute atomic E-state index is 0.384. The number of aromatic nitrogens is 1. The Morgan fingerprint density at radius 3 is 1.91 bits per heavy atom. The van der Waals surface area contributed by atoms with Gasteiger partial charge in [-0.1, -0.05) is 104 Å². The third-order valence-corrected chi connectivity index (χ3v) is 6.81. The van der Waals surface area contributed by atoms with Gasteiger partial charge in [-0.05, 0) is 32.0 Å². The Hall–Kier alpha value is -1.68. The van der Waals surface area contributed by atoms with Crippen LogP contribution in [-0.4, -0.2) is 30.5 Å². The zero-order valence-electron chi connectivity index (χ0n) is 22.7. The van der Waals surface area contributed by atoms with Crippen LogP contribution in [0.25, 0.3) is 0 Å². The average molecular weight is 474 g/mol. The molecule has 0 aliphatic rings. The van der Waals surface area contributed by atoms with E-state index in [9.17, 15) is 4.79 Å². The standard InChI is InChI=1S/C30H53N2O2/c1-5-9-10-11-12-13-14-15-16-17-18-19-20-21-25-32-26-22-23-28(24-27-31(7-3)8-4)30(32)34-29(33)6-2/h6,22-23,26H,2,5,7-21,24-25,27H2,1,3-4H3/q+1. The number of hydrogen-bond donors (Lipinski definition) is 0. The van der Waals surface area contributed by atoms with Gasteiger partial charge in [0.2, 0.25) is 0 Å². The number of pyridine rings is 1. The van der Waals surface area contributed by atoms with E-state index in [0.29, 0.717) is 5.88 Å². The topological polar surface area (TPSA) is 33.4 Å². The molecule has 194 valence electrons. The smallest absolute Gasteiger partial charge is 0.367 e. The van der Waals surface area contributed by atoms with Gasteiger partial charge < -0.3 is 9.64 Å². The predicted molar refractivity (Wildman–Crippen MR) is 144 cm³/mol. The van der Waals surface area contributed by atoms with Crippen LogP contribution in [-0.2, 0) is 17.8 Å². The van der Waals surface area contributed by atoms with Gasteiger partial charge in [0.05, 0.1) is 5.56 Å². The third kappa shape index (κ3) is 13.9. The van der Waals surface area contributed by atoms with Gasteiger partial charge in [-0.2, -0.15) is 4.57 Å². The second kappa shape index (κ2) is 20.7. The molecule has 0 saturated carbocycles. The second-order valence-electron chi connectivity index (χ2n) is 9.53. The van der Waals surface area contributed by atoms with Gasteiger partial charge >= 0.3 is 11.8 Å².